The lowest BCUT2D eigenvalue weighted by atomic mass is 10.1. The van der Waals surface area contributed by atoms with E-state index in [0.29, 0.717) is 5.56 Å². The molecule has 5 heteroatoms. The minimum atomic E-state index is 0.182. The summed E-state index contributed by atoms with van der Waals surface area (Å²) in [5.74, 6) is 0.906. The number of benzene rings is 2. The number of hydrogen-bond acceptors (Lipinski definition) is 3. The van der Waals surface area contributed by atoms with Crippen LogP contribution in [0.25, 0.3) is 16.9 Å². The number of imidazole rings is 1. The van der Waals surface area contributed by atoms with Crippen LogP contribution in [0.5, 0.6) is 5.75 Å². The third-order valence-corrected chi connectivity index (χ3v) is 4.36. The van der Waals surface area contributed by atoms with Crippen molar-refractivity contribution in [3.05, 3.63) is 83.0 Å². The molecule has 0 aliphatic rings. The maximum atomic E-state index is 10.0. The van der Waals surface area contributed by atoms with Gasteiger partial charge in [-0.05, 0) is 30.3 Å². The molecule has 122 valence electrons. The van der Waals surface area contributed by atoms with Gasteiger partial charge in [0, 0.05) is 28.0 Å². The lowest BCUT2D eigenvalue weighted by molar-refractivity contribution is 0.474. The summed E-state index contributed by atoms with van der Waals surface area (Å²) < 4.78 is 2.82. The van der Waals surface area contributed by atoms with Gasteiger partial charge in [-0.3, -0.25) is 4.40 Å². The van der Waals surface area contributed by atoms with E-state index in [9.17, 15) is 5.11 Å². The van der Waals surface area contributed by atoms with Gasteiger partial charge in [-0.15, -0.1) is 0 Å². The number of pyridine rings is 1. The van der Waals surface area contributed by atoms with Crippen LogP contribution in [0, 0.1) is 0 Å². The van der Waals surface area contributed by atoms with Crippen LogP contribution < -0.4 is 0 Å². The topological polar surface area (TPSA) is 49.9 Å². The van der Waals surface area contributed by atoms with Gasteiger partial charge in [0.15, 0.2) is 5.82 Å². The van der Waals surface area contributed by atoms with Crippen molar-refractivity contribution in [1.82, 2.24) is 9.38 Å². The Balaban J connectivity index is 1.88. The molecular weight excluding hydrogens is 378 g/mol. The summed E-state index contributed by atoms with van der Waals surface area (Å²) >= 11 is 3.42. The second-order valence-corrected chi connectivity index (χ2v) is 6.46. The van der Waals surface area contributed by atoms with Crippen LogP contribution in [-0.4, -0.2) is 20.7 Å². The van der Waals surface area contributed by atoms with Crippen LogP contribution in [0.3, 0.4) is 0 Å². The Hall–Kier alpha value is -2.92. The molecule has 0 aliphatic carbocycles. The van der Waals surface area contributed by atoms with Gasteiger partial charge >= 0.3 is 0 Å². The van der Waals surface area contributed by atoms with Gasteiger partial charge in [-0.1, -0.05) is 52.3 Å². The second kappa shape index (κ2) is 6.53. The smallest absolute Gasteiger partial charge is 0.165 e. The highest BCUT2D eigenvalue weighted by Crippen LogP contribution is 2.31. The predicted molar refractivity (Wildman–Crippen MR) is 104 cm³/mol. The number of fused-ring (bicyclic) bond motifs is 1. The van der Waals surface area contributed by atoms with E-state index >= 15 is 0 Å². The molecule has 0 atom stereocenters. The number of hydrogen-bond donors (Lipinski definition) is 1. The monoisotopic (exact) mass is 391 g/mol. The average Bonchev–Trinajstić information content (AvgIpc) is 3.02. The summed E-state index contributed by atoms with van der Waals surface area (Å²) in [6.07, 6.45) is 3.59. The normalized spacial score (nSPS) is 11.4. The fraction of sp³-hybridized carbons (Fsp3) is 0. The Morgan fingerprint density at radius 3 is 2.64 bits per heavy atom. The van der Waals surface area contributed by atoms with Crippen molar-refractivity contribution >= 4 is 33.6 Å². The largest absolute Gasteiger partial charge is 0.507 e. The molecule has 0 spiro atoms. The quantitative estimate of drug-likeness (QED) is 0.486. The molecule has 0 radical (unpaired) electrons. The van der Waals surface area contributed by atoms with Crippen LogP contribution in [0.1, 0.15) is 5.56 Å². The molecule has 0 saturated carbocycles. The summed E-state index contributed by atoms with van der Waals surface area (Å²) in [5.41, 5.74) is 3.26. The van der Waals surface area contributed by atoms with Crippen molar-refractivity contribution in [3.8, 4) is 17.0 Å². The highest BCUT2D eigenvalue weighted by atomic mass is 79.9. The molecular formula is C20H14BrN3O. The number of halogens is 1. The van der Waals surface area contributed by atoms with Crippen molar-refractivity contribution in [2.45, 2.75) is 0 Å². The van der Waals surface area contributed by atoms with Gasteiger partial charge in [0.25, 0.3) is 0 Å². The molecule has 4 aromatic rings. The minimum absolute atomic E-state index is 0.182. The van der Waals surface area contributed by atoms with Crippen molar-refractivity contribution in [2.24, 2.45) is 4.99 Å². The highest BCUT2D eigenvalue weighted by molar-refractivity contribution is 9.10. The zero-order chi connectivity index (χ0) is 17.2. The predicted octanol–water partition coefficient (Wildman–Crippen LogP) is 5.22. The average molecular weight is 392 g/mol. The summed E-state index contributed by atoms with van der Waals surface area (Å²) in [4.78, 5) is 9.35. The van der Waals surface area contributed by atoms with E-state index in [1.165, 1.54) is 0 Å². The zero-order valence-corrected chi connectivity index (χ0v) is 14.8. The van der Waals surface area contributed by atoms with Gasteiger partial charge in [0.2, 0.25) is 0 Å². The number of phenols is 1. The Morgan fingerprint density at radius 2 is 1.80 bits per heavy atom. The molecule has 2 heterocycles. The Morgan fingerprint density at radius 1 is 1.00 bits per heavy atom. The van der Waals surface area contributed by atoms with E-state index in [1.54, 1.807) is 18.3 Å². The van der Waals surface area contributed by atoms with Crippen molar-refractivity contribution in [2.75, 3.05) is 0 Å². The van der Waals surface area contributed by atoms with Gasteiger partial charge in [-0.25, -0.2) is 9.98 Å². The summed E-state index contributed by atoms with van der Waals surface area (Å²) in [6.45, 7) is 0. The van der Waals surface area contributed by atoms with Gasteiger partial charge in [-0.2, -0.15) is 0 Å². The Labute approximate surface area is 153 Å². The van der Waals surface area contributed by atoms with E-state index < -0.39 is 0 Å². The summed E-state index contributed by atoms with van der Waals surface area (Å²) in [5, 5.41) is 10.0. The van der Waals surface area contributed by atoms with Crippen LogP contribution in [-0.2, 0) is 0 Å². The SMILES string of the molecule is Oc1ccc(Br)cc1C=Nc1c(-c2ccccc2)nc2ccccn12. The highest BCUT2D eigenvalue weighted by Gasteiger charge is 2.12. The summed E-state index contributed by atoms with van der Waals surface area (Å²) in [6, 6.07) is 21.0. The van der Waals surface area contributed by atoms with E-state index in [0.717, 1.165) is 27.2 Å². The molecule has 1 N–H and O–H groups in total. The van der Waals surface area contributed by atoms with E-state index in [1.807, 2.05) is 65.2 Å². The number of aromatic hydroxyl groups is 1. The molecule has 2 aromatic carbocycles. The molecule has 25 heavy (non-hydrogen) atoms. The number of aromatic nitrogens is 2. The first kappa shape index (κ1) is 15.6. The van der Waals surface area contributed by atoms with Gasteiger partial charge in [0.1, 0.15) is 17.1 Å². The van der Waals surface area contributed by atoms with Crippen LogP contribution in [0.2, 0.25) is 0 Å². The van der Waals surface area contributed by atoms with Crippen molar-refractivity contribution in [1.29, 1.82) is 0 Å². The number of nitrogens with zero attached hydrogens (tertiary/aromatic N) is 3. The first-order valence-electron chi connectivity index (χ1n) is 7.77. The van der Waals surface area contributed by atoms with Gasteiger partial charge in [0.05, 0.1) is 0 Å². The van der Waals surface area contributed by atoms with E-state index in [2.05, 4.69) is 20.9 Å². The molecule has 4 nitrogen and oxygen atoms in total. The third kappa shape index (κ3) is 3.06. The Bertz CT molecular complexity index is 1070. The standard InChI is InChI=1S/C20H14BrN3O/c21-16-9-10-17(25)15(12-16)13-22-20-19(14-6-2-1-3-7-14)23-18-8-4-5-11-24(18)20/h1-13,25H. The van der Waals surface area contributed by atoms with E-state index in [-0.39, 0.29) is 5.75 Å². The van der Waals surface area contributed by atoms with Crippen molar-refractivity contribution in [3.63, 3.8) is 0 Å². The lowest BCUT2D eigenvalue weighted by Crippen LogP contribution is -1.86. The molecule has 2 aromatic heterocycles. The molecule has 0 unspecified atom stereocenters. The number of aliphatic imine (C=N–C) groups is 1. The molecule has 0 aliphatic heterocycles. The van der Waals surface area contributed by atoms with Crippen LogP contribution in [0.4, 0.5) is 5.82 Å². The summed E-state index contributed by atoms with van der Waals surface area (Å²) in [7, 11) is 0. The molecule has 0 bridgehead atoms. The number of phenolic OH excluding ortho intramolecular Hbond substituents is 1. The Kier molecular flexibility index (Phi) is 4.07. The molecule has 0 fully saturated rings. The van der Waals surface area contributed by atoms with E-state index in [4.69, 9.17) is 4.98 Å². The minimum Gasteiger partial charge on any atom is -0.507 e. The van der Waals surface area contributed by atoms with Crippen LogP contribution in [0.15, 0.2) is 82.4 Å². The van der Waals surface area contributed by atoms with Crippen molar-refractivity contribution < 1.29 is 5.11 Å². The lowest BCUT2D eigenvalue weighted by Gasteiger charge is -2.02. The first-order chi connectivity index (χ1) is 12.2. The first-order valence-corrected chi connectivity index (χ1v) is 8.57. The fourth-order valence-electron chi connectivity index (χ4n) is 2.66. The fourth-order valence-corrected chi connectivity index (χ4v) is 3.03. The molecule has 0 saturated heterocycles. The van der Waals surface area contributed by atoms with Gasteiger partial charge < -0.3 is 5.11 Å². The molecule has 4 rings (SSSR count). The maximum absolute atomic E-state index is 10.0. The second-order valence-electron chi connectivity index (χ2n) is 5.54. The zero-order valence-electron chi connectivity index (χ0n) is 13.2. The third-order valence-electron chi connectivity index (χ3n) is 3.87. The molecule has 0 amide bonds. The maximum Gasteiger partial charge on any atom is 0.165 e. The van der Waals surface area contributed by atoms with Crippen LogP contribution >= 0.6 is 15.9 Å². The number of rotatable bonds is 3.